The maximum atomic E-state index is 12.0. The number of rotatable bonds is 35. The minimum absolute atomic E-state index is 0.0511. The summed E-state index contributed by atoms with van der Waals surface area (Å²) in [5.41, 5.74) is 10.3. The van der Waals surface area contributed by atoms with Crippen LogP contribution < -0.4 is 47.4 Å². The lowest BCUT2D eigenvalue weighted by Crippen LogP contribution is -2.38. The summed E-state index contributed by atoms with van der Waals surface area (Å²) in [6.07, 6.45) is 26.6. The molecule has 0 bridgehead atoms. The number of carbonyl (C=O) groups excluding carboxylic acids is 1. The minimum Gasteiger partial charge on any atom is -0.493 e. The van der Waals surface area contributed by atoms with E-state index in [0.717, 1.165) is 198 Å². The van der Waals surface area contributed by atoms with E-state index in [4.69, 9.17) is 47.4 Å². The van der Waals surface area contributed by atoms with Crippen LogP contribution in [0.15, 0.2) is 225 Å². The van der Waals surface area contributed by atoms with E-state index in [9.17, 15) is 35.4 Å². The van der Waals surface area contributed by atoms with E-state index in [1.54, 1.807) is 53.6 Å². The highest BCUT2D eigenvalue weighted by Gasteiger charge is 2.53. The summed E-state index contributed by atoms with van der Waals surface area (Å²) in [7, 11) is 8.39. The van der Waals surface area contributed by atoms with E-state index < -0.39 is 42.5 Å². The number of benzene rings is 7. The topological polar surface area (TPSA) is 286 Å². The molecule has 3 aromatic heterocycles. The molecule has 804 valence electrons. The van der Waals surface area contributed by atoms with Crippen molar-refractivity contribution in [2.75, 3.05) is 108 Å². The van der Waals surface area contributed by atoms with Crippen LogP contribution in [0.4, 0.5) is 0 Å². The SMILES string of the molecule is COc1ccc([C@@H]2CN(C(=O)CO)C[C@@]2(C)[C@@H](C)O)cc1OC1CCCC1.COc1ccc([C@@H]2CN(Cc3ccccc3)C[C@@]2(C)[C@@H](C)O)cc1OCc1ccccc1.COc1ccc([C@@H]2CN(Cc3ccccn3)C[C@@]2(C)[C@@H](C)O)cc1OC1CCCC1.COc1ccc([C@@H]2CN(Cc3cccnc3)C[C@@]2(C)[C@@H](C)O)cc1OC1CCCC1.COc1ccc([C@@H]2CN(Cc3ccncc3)C[C@@]2(C)[C@@H](C)O)cc1OC1CCCC1. The Kier molecular flexibility index (Phi) is 39.1. The highest BCUT2D eigenvalue weighted by atomic mass is 16.5. The average Bonchev–Trinajstić information content (AvgIpc) is 1.65. The van der Waals surface area contributed by atoms with Gasteiger partial charge in [0.2, 0.25) is 5.91 Å². The number of methoxy groups -OCH3 is 5. The lowest BCUT2D eigenvalue weighted by Gasteiger charge is -2.34. The van der Waals surface area contributed by atoms with Gasteiger partial charge in [0, 0.05) is 179 Å². The number of carbonyl (C=O) groups is 1. The van der Waals surface area contributed by atoms with Gasteiger partial charge in [-0.3, -0.25) is 39.3 Å². The van der Waals surface area contributed by atoms with E-state index in [1.807, 2.05) is 144 Å². The fourth-order valence-corrected chi connectivity index (χ4v) is 24.4. The molecule has 0 unspecified atom stereocenters. The summed E-state index contributed by atoms with van der Waals surface area (Å²) in [6, 6.07) is 65.9. The minimum atomic E-state index is -0.597. The Balaban J connectivity index is 0.000000139. The zero-order chi connectivity index (χ0) is 106. The van der Waals surface area contributed by atoms with E-state index >= 15 is 0 Å². The second-order valence-electron chi connectivity index (χ2n) is 44.7. The molecule has 19 rings (SSSR count). The smallest absolute Gasteiger partial charge is 0.248 e. The molecule has 4 aliphatic carbocycles. The Morgan fingerprint density at radius 3 is 0.946 bits per heavy atom. The van der Waals surface area contributed by atoms with Gasteiger partial charge in [0.05, 0.1) is 96.2 Å². The molecule has 25 heteroatoms. The highest BCUT2D eigenvalue weighted by molar-refractivity contribution is 5.78. The Bertz CT molecular complexity index is 5480. The fraction of sp³-hybridized carbons (Fsp3) is 0.532. The maximum absolute atomic E-state index is 12.0. The third-order valence-electron chi connectivity index (χ3n) is 34.4. The first-order valence-corrected chi connectivity index (χ1v) is 54.5. The van der Waals surface area contributed by atoms with Gasteiger partial charge in [0.25, 0.3) is 0 Å². The zero-order valence-corrected chi connectivity index (χ0v) is 90.8. The van der Waals surface area contributed by atoms with Crippen molar-refractivity contribution in [1.82, 2.24) is 39.5 Å². The fourth-order valence-electron chi connectivity index (χ4n) is 24.4. The summed E-state index contributed by atoms with van der Waals surface area (Å²) in [5.74, 6) is 8.22. The molecule has 6 N–H and O–H groups in total. The van der Waals surface area contributed by atoms with Gasteiger partial charge in [0.1, 0.15) is 13.2 Å². The summed E-state index contributed by atoms with van der Waals surface area (Å²) in [6.45, 7) is 31.4. The molecule has 8 heterocycles. The van der Waals surface area contributed by atoms with Crippen LogP contribution in [0.1, 0.15) is 257 Å². The van der Waals surface area contributed by atoms with Crippen molar-refractivity contribution in [1.29, 1.82) is 0 Å². The van der Waals surface area contributed by atoms with Crippen molar-refractivity contribution in [3.8, 4) is 57.5 Å². The molecule has 5 aliphatic heterocycles. The molecular weight excluding hydrogens is 1870 g/mol. The van der Waals surface area contributed by atoms with Crippen molar-refractivity contribution in [2.45, 2.75) is 289 Å². The largest absolute Gasteiger partial charge is 0.493 e. The molecule has 0 radical (unpaired) electrons. The molecule has 7 aromatic carbocycles. The second kappa shape index (κ2) is 51.9. The molecule has 10 aromatic rings. The van der Waals surface area contributed by atoms with Crippen LogP contribution >= 0.6 is 0 Å². The van der Waals surface area contributed by atoms with Gasteiger partial charge in [0.15, 0.2) is 57.5 Å². The van der Waals surface area contributed by atoms with Gasteiger partial charge in [-0.15, -0.1) is 0 Å². The van der Waals surface area contributed by atoms with Crippen LogP contribution in [0.2, 0.25) is 0 Å². The predicted octanol–water partition coefficient (Wildman–Crippen LogP) is 20.8. The summed E-state index contributed by atoms with van der Waals surface area (Å²) < 4.78 is 59.2. The highest BCUT2D eigenvalue weighted by Crippen LogP contribution is 2.55. The lowest BCUT2D eigenvalue weighted by atomic mass is 9.72. The number of nitrogens with zero attached hydrogens (tertiary/aromatic N) is 8. The monoisotopic (exact) mass is 2040 g/mol. The van der Waals surface area contributed by atoms with Crippen molar-refractivity contribution in [2.24, 2.45) is 27.1 Å². The molecule has 149 heavy (non-hydrogen) atoms. The van der Waals surface area contributed by atoms with Crippen LogP contribution in [0.5, 0.6) is 57.5 Å². The first-order valence-electron chi connectivity index (χ1n) is 54.5. The number of hydrogen-bond donors (Lipinski definition) is 6. The molecule has 0 spiro atoms. The van der Waals surface area contributed by atoms with E-state index in [2.05, 4.69) is 171 Å². The van der Waals surface area contributed by atoms with Gasteiger partial charge in [-0.25, -0.2) is 0 Å². The number of aliphatic hydroxyl groups excluding tert-OH is 6. The van der Waals surface area contributed by atoms with Gasteiger partial charge in [-0.05, 0) is 278 Å². The van der Waals surface area contributed by atoms with Crippen molar-refractivity contribution in [3.05, 3.63) is 281 Å². The Morgan fingerprint density at radius 2 is 0.624 bits per heavy atom. The third-order valence-corrected chi connectivity index (χ3v) is 34.4. The number of aliphatic hydroxyl groups is 6. The molecular formula is C124H166N8O17. The number of aromatic nitrogens is 3. The number of pyridine rings is 3. The Hall–Kier alpha value is -10.9. The predicted molar refractivity (Wildman–Crippen MR) is 584 cm³/mol. The van der Waals surface area contributed by atoms with Crippen LogP contribution in [0.25, 0.3) is 0 Å². The zero-order valence-electron chi connectivity index (χ0n) is 90.8. The van der Waals surface area contributed by atoms with E-state index in [1.165, 1.54) is 90.3 Å². The van der Waals surface area contributed by atoms with Crippen molar-refractivity contribution >= 4 is 5.91 Å². The first-order chi connectivity index (χ1) is 71.8. The number of hydrogen-bond acceptors (Lipinski definition) is 24. The van der Waals surface area contributed by atoms with E-state index in [0.29, 0.717) is 25.4 Å². The van der Waals surface area contributed by atoms with Gasteiger partial charge in [-0.1, -0.05) is 138 Å². The lowest BCUT2D eigenvalue weighted by molar-refractivity contribution is -0.133. The quantitative estimate of drug-likeness (QED) is 0.0215. The first kappa shape index (κ1) is 112. The Labute approximate surface area is 885 Å². The Morgan fingerprint density at radius 1 is 0.322 bits per heavy atom. The molecule has 4 saturated carbocycles. The van der Waals surface area contributed by atoms with Crippen molar-refractivity contribution < 1.29 is 82.8 Å². The number of amides is 1. The van der Waals surface area contributed by atoms with Gasteiger partial charge >= 0.3 is 0 Å². The number of ether oxygens (including phenoxy) is 10. The summed E-state index contributed by atoms with van der Waals surface area (Å²) in [4.78, 5) is 36.3. The molecule has 15 atom stereocenters. The molecule has 9 fully saturated rings. The summed E-state index contributed by atoms with van der Waals surface area (Å²) in [5, 5.41) is 62.7. The van der Waals surface area contributed by atoms with Crippen LogP contribution in [0.3, 0.4) is 0 Å². The van der Waals surface area contributed by atoms with E-state index in [-0.39, 0.29) is 81.6 Å². The average molecular weight is 2040 g/mol. The molecule has 5 saturated heterocycles. The van der Waals surface area contributed by atoms with Crippen LogP contribution in [-0.4, -0.2) is 239 Å². The van der Waals surface area contributed by atoms with Gasteiger partial charge in [-0.2, -0.15) is 0 Å². The number of likely N-dealkylation sites (tertiary alicyclic amines) is 5. The van der Waals surface area contributed by atoms with Crippen LogP contribution in [0, 0.1) is 27.1 Å². The molecule has 9 aliphatic rings. The maximum Gasteiger partial charge on any atom is 0.248 e. The standard InChI is InChI=1S/C28H33NO3.3C25H34N2O3.C21H31NO5/c1-21(30)28(2)20-29(17-22-10-6-4-7-11-22)18-25(28)24-14-15-26(31-3)27(16-24)32-19-23-12-8-5-9-13-23;1-18(28)25(2)17-27(15-20-8-6-7-13-26-20)16-22(25)19-11-12-23(29-3)24(14-19)30-21-9-4-5-10-21;1-18(28)25(2)17-27(15-19-7-6-12-26-14-19)16-22(25)20-10-11-23(29-3)24(13-20)30-21-8-4-5-9-21;1-18(28)25(2)17-27(15-19-10-12-26-13-11-19)16-22(25)20-8-9-23(29-3)24(14-20)30-21-6-4-5-7-21;1-14(24)21(2)13-22(20(25)12-23)11-17(21)15-8-9-18(26-3)19(10-15)27-16-6-4-5-7-16/h4-16,21,25,30H,17-20H2,1-3H3;6-8,11-14,18,21-22,28H,4-5,9-10,15-17H2,1-3H3;6-7,10-14,18,21-22,28H,4-5,8-9,15-17H2,1-3H3;8-14,18,21-22,28H,4-7,15-17H2,1-3H3;8-10,14,16-17,23-24H,4-7,11-13H2,1-3H3/t21-,25+,28+;3*18-,22+,25+;14-,17+,21+/m11111/s1. The van der Waals surface area contributed by atoms with Gasteiger partial charge < -0.3 is 82.9 Å². The second-order valence-corrected chi connectivity index (χ2v) is 44.7. The molecule has 25 nitrogen and oxygen atoms in total. The summed E-state index contributed by atoms with van der Waals surface area (Å²) >= 11 is 0. The third kappa shape index (κ3) is 27.8. The molecule has 1 amide bonds. The van der Waals surface area contributed by atoms with Crippen molar-refractivity contribution in [3.63, 3.8) is 0 Å². The van der Waals surface area contributed by atoms with Crippen LogP contribution in [-0.2, 0) is 37.6 Å². The normalized spacial score (nSPS) is 25.3.